The van der Waals surface area contributed by atoms with E-state index in [0.29, 0.717) is 36.0 Å². The van der Waals surface area contributed by atoms with Crippen LogP contribution in [0.15, 0.2) is 42.6 Å². The van der Waals surface area contributed by atoms with Crippen LogP contribution in [0.4, 0.5) is 0 Å². The molecule has 4 nitrogen and oxygen atoms in total. The Morgan fingerprint density at radius 3 is 2.85 bits per heavy atom. The Morgan fingerprint density at radius 1 is 1.15 bits per heavy atom. The third-order valence-electron chi connectivity index (χ3n) is 2.96. The van der Waals surface area contributed by atoms with Crippen LogP contribution in [0.5, 0.6) is 11.5 Å². The summed E-state index contributed by atoms with van der Waals surface area (Å²) in [7, 11) is 0. The van der Waals surface area contributed by atoms with Crippen LogP contribution < -0.4 is 9.47 Å². The van der Waals surface area contributed by atoms with Gasteiger partial charge in [0.2, 0.25) is 0 Å². The van der Waals surface area contributed by atoms with Gasteiger partial charge in [-0.15, -0.1) is 0 Å². The zero-order valence-corrected chi connectivity index (χ0v) is 10.7. The van der Waals surface area contributed by atoms with Crippen molar-refractivity contribution in [3.63, 3.8) is 0 Å². The number of ether oxygens (including phenoxy) is 2. The molecule has 2 aromatic rings. The van der Waals surface area contributed by atoms with E-state index in [9.17, 15) is 5.26 Å². The summed E-state index contributed by atoms with van der Waals surface area (Å²) in [6, 6.07) is 13.3. The molecule has 1 aromatic heterocycles. The van der Waals surface area contributed by atoms with Crippen LogP contribution in [-0.4, -0.2) is 18.2 Å². The molecule has 4 heteroatoms. The van der Waals surface area contributed by atoms with Gasteiger partial charge >= 0.3 is 0 Å². The first kappa shape index (κ1) is 12.2. The maximum atomic E-state index is 9.31. The van der Waals surface area contributed by atoms with E-state index < -0.39 is 0 Å². The lowest BCUT2D eigenvalue weighted by Gasteiger charge is -2.19. The second-order valence-corrected chi connectivity index (χ2v) is 4.26. The molecule has 1 aromatic carbocycles. The summed E-state index contributed by atoms with van der Waals surface area (Å²) >= 11 is 0. The average molecular weight is 264 g/mol. The maximum Gasteiger partial charge on any atom is 0.168 e. The molecule has 20 heavy (non-hydrogen) atoms. The lowest BCUT2D eigenvalue weighted by molar-refractivity contribution is 0.171. The van der Waals surface area contributed by atoms with Gasteiger partial charge in [-0.3, -0.25) is 4.98 Å². The first-order valence-electron chi connectivity index (χ1n) is 6.30. The minimum Gasteiger partial charge on any atom is -0.486 e. The van der Waals surface area contributed by atoms with E-state index in [0.717, 1.165) is 5.56 Å². The Balaban J connectivity index is 2.05. The Labute approximate surface area is 116 Å². The van der Waals surface area contributed by atoms with Crippen LogP contribution in [0, 0.1) is 11.3 Å². The van der Waals surface area contributed by atoms with E-state index in [4.69, 9.17) is 9.47 Å². The average Bonchev–Trinajstić information content (AvgIpc) is 2.53. The Hall–Kier alpha value is -2.80. The van der Waals surface area contributed by atoms with Crippen LogP contribution in [-0.2, 0) is 0 Å². The zero-order valence-electron chi connectivity index (χ0n) is 10.7. The van der Waals surface area contributed by atoms with Gasteiger partial charge in [0, 0.05) is 11.8 Å². The first-order valence-corrected chi connectivity index (χ1v) is 6.30. The predicted octanol–water partition coefficient (Wildman–Crippen LogP) is 2.92. The standard InChI is InChI=1S/C16H12N2O2/c17-11-13(14-5-1-2-7-18-14)10-12-4-3-6-15-16(12)20-9-8-19-15/h1-7,10H,8-9H2/b13-10-. The molecule has 0 radical (unpaired) electrons. The summed E-state index contributed by atoms with van der Waals surface area (Å²) in [4.78, 5) is 4.20. The third-order valence-corrected chi connectivity index (χ3v) is 2.96. The topological polar surface area (TPSA) is 55.1 Å². The fourth-order valence-electron chi connectivity index (χ4n) is 2.05. The molecule has 98 valence electrons. The van der Waals surface area contributed by atoms with Gasteiger partial charge in [0.25, 0.3) is 0 Å². The number of hydrogen-bond acceptors (Lipinski definition) is 4. The van der Waals surface area contributed by atoms with Gasteiger partial charge in [-0.2, -0.15) is 5.26 Å². The highest BCUT2D eigenvalue weighted by molar-refractivity contribution is 5.89. The summed E-state index contributed by atoms with van der Waals surface area (Å²) in [6.07, 6.45) is 3.44. The van der Waals surface area contributed by atoms with Crippen LogP contribution in [0.3, 0.4) is 0 Å². The molecule has 0 saturated carbocycles. The molecule has 0 amide bonds. The fourth-order valence-corrected chi connectivity index (χ4v) is 2.05. The molecule has 0 N–H and O–H groups in total. The van der Waals surface area contributed by atoms with Crippen molar-refractivity contribution in [2.45, 2.75) is 0 Å². The number of para-hydroxylation sites is 1. The molecule has 0 saturated heterocycles. The highest BCUT2D eigenvalue weighted by atomic mass is 16.6. The van der Waals surface area contributed by atoms with Crippen molar-refractivity contribution in [3.05, 3.63) is 53.9 Å². The number of benzene rings is 1. The molecule has 1 aliphatic rings. The summed E-state index contributed by atoms with van der Waals surface area (Å²) in [6.45, 7) is 1.06. The van der Waals surface area contributed by atoms with Gasteiger partial charge in [-0.05, 0) is 24.3 Å². The molecule has 1 aliphatic heterocycles. The maximum absolute atomic E-state index is 9.31. The number of aromatic nitrogens is 1. The largest absolute Gasteiger partial charge is 0.486 e. The number of hydrogen-bond donors (Lipinski definition) is 0. The van der Waals surface area contributed by atoms with E-state index in [1.54, 1.807) is 12.3 Å². The fraction of sp³-hybridized carbons (Fsp3) is 0.125. The quantitative estimate of drug-likeness (QED) is 0.782. The van der Waals surface area contributed by atoms with Crippen molar-refractivity contribution in [1.29, 1.82) is 5.26 Å². The van der Waals surface area contributed by atoms with E-state index in [1.807, 2.05) is 36.4 Å². The van der Waals surface area contributed by atoms with Gasteiger partial charge in [-0.1, -0.05) is 18.2 Å². The minimum absolute atomic E-state index is 0.494. The lowest BCUT2D eigenvalue weighted by Crippen LogP contribution is -2.15. The molecular weight excluding hydrogens is 252 g/mol. The minimum atomic E-state index is 0.494. The third kappa shape index (κ3) is 2.34. The van der Waals surface area contributed by atoms with Crippen LogP contribution in [0.2, 0.25) is 0 Å². The van der Waals surface area contributed by atoms with Crippen LogP contribution in [0.1, 0.15) is 11.3 Å². The van der Waals surface area contributed by atoms with Crippen molar-refractivity contribution in [2.75, 3.05) is 13.2 Å². The smallest absolute Gasteiger partial charge is 0.168 e. The second kappa shape index (κ2) is 5.45. The SMILES string of the molecule is N#C/C(=C/c1cccc2c1OCCO2)c1ccccn1. The van der Waals surface area contributed by atoms with E-state index in [1.165, 1.54) is 0 Å². The summed E-state index contributed by atoms with van der Waals surface area (Å²) in [5, 5.41) is 9.31. The zero-order chi connectivity index (χ0) is 13.8. The second-order valence-electron chi connectivity index (χ2n) is 4.26. The molecule has 0 atom stereocenters. The molecule has 0 aliphatic carbocycles. The van der Waals surface area contributed by atoms with Crippen molar-refractivity contribution in [2.24, 2.45) is 0 Å². The van der Waals surface area contributed by atoms with Crippen molar-refractivity contribution in [3.8, 4) is 17.6 Å². The Bertz CT molecular complexity index is 687. The number of rotatable bonds is 2. The number of fused-ring (bicyclic) bond motifs is 1. The van der Waals surface area contributed by atoms with Gasteiger partial charge in [-0.25, -0.2) is 0 Å². The van der Waals surface area contributed by atoms with Crippen LogP contribution in [0.25, 0.3) is 11.6 Å². The summed E-state index contributed by atoms with van der Waals surface area (Å²) < 4.78 is 11.2. The molecule has 2 heterocycles. The van der Waals surface area contributed by atoms with Gasteiger partial charge < -0.3 is 9.47 Å². The number of allylic oxidation sites excluding steroid dienone is 1. The lowest BCUT2D eigenvalue weighted by atomic mass is 10.1. The Morgan fingerprint density at radius 2 is 2.05 bits per heavy atom. The van der Waals surface area contributed by atoms with Gasteiger partial charge in [0.1, 0.15) is 19.3 Å². The van der Waals surface area contributed by atoms with E-state index >= 15 is 0 Å². The predicted molar refractivity (Wildman–Crippen MR) is 75.2 cm³/mol. The van der Waals surface area contributed by atoms with E-state index in [-0.39, 0.29) is 0 Å². The van der Waals surface area contributed by atoms with E-state index in [2.05, 4.69) is 11.1 Å². The monoisotopic (exact) mass is 264 g/mol. The molecule has 0 bridgehead atoms. The first-order chi connectivity index (χ1) is 9.88. The molecule has 0 unspecified atom stereocenters. The molecular formula is C16H12N2O2. The Kier molecular flexibility index (Phi) is 3.34. The van der Waals surface area contributed by atoms with Crippen molar-refractivity contribution in [1.82, 2.24) is 4.98 Å². The number of nitrogens with zero attached hydrogens (tertiary/aromatic N) is 2. The van der Waals surface area contributed by atoms with Crippen molar-refractivity contribution < 1.29 is 9.47 Å². The molecule has 0 spiro atoms. The number of nitriles is 1. The van der Waals surface area contributed by atoms with Gasteiger partial charge in [0.05, 0.1) is 11.3 Å². The summed E-state index contributed by atoms with van der Waals surface area (Å²) in [5.41, 5.74) is 1.96. The summed E-state index contributed by atoms with van der Waals surface area (Å²) in [5.74, 6) is 1.39. The van der Waals surface area contributed by atoms with Crippen molar-refractivity contribution >= 4 is 11.6 Å². The normalized spacial score (nSPS) is 13.7. The van der Waals surface area contributed by atoms with Gasteiger partial charge in [0.15, 0.2) is 11.5 Å². The number of pyridine rings is 1. The highest BCUT2D eigenvalue weighted by Crippen LogP contribution is 2.35. The van der Waals surface area contributed by atoms with Crippen LogP contribution >= 0.6 is 0 Å². The molecule has 0 fully saturated rings. The highest BCUT2D eigenvalue weighted by Gasteiger charge is 2.15. The molecule has 3 rings (SSSR count).